The van der Waals surface area contributed by atoms with Gasteiger partial charge >= 0.3 is 0 Å². The van der Waals surface area contributed by atoms with Gasteiger partial charge in [-0.05, 0) is 73.5 Å². The fourth-order valence-electron chi connectivity index (χ4n) is 4.50. The lowest BCUT2D eigenvalue weighted by Crippen LogP contribution is -2.25. The first-order chi connectivity index (χ1) is 16.2. The van der Waals surface area contributed by atoms with Crippen molar-refractivity contribution < 1.29 is 13.9 Å². The lowest BCUT2D eigenvalue weighted by molar-refractivity contribution is 0.238. The number of halogens is 2. The molecule has 0 bridgehead atoms. The molecule has 34 heavy (non-hydrogen) atoms. The van der Waals surface area contributed by atoms with E-state index in [9.17, 15) is 0 Å². The molecule has 0 saturated carbocycles. The van der Waals surface area contributed by atoms with Gasteiger partial charge in [-0.3, -0.25) is 4.90 Å². The molecular weight excluding hydrogens is 469 g/mol. The smallest absolute Gasteiger partial charge is 0.138 e. The molecule has 0 atom stereocenters. The molecule has 0 amide bonds. The van der Waals surface area contributed by atoms with Gasteiger partial charge in [0, 0.05) is 35.0 Å². The maximum absolute atomic E-state index is 6.33. The monoisotopic (exact) mass is 497 g/mol. The van der Waals surface area contributed by atoms with Gasteiger partial charge in [0.25, 0.3) is 0 Å². The molecule has 0 radical (unpaired) electrons. The number of furan rings is 1. The highest BCUT2D eigenvalue weighted by Crippen LogP contribution is 2.38. The molecule has 1 aliphatic heterocycles. The Bertz CT molecular complexity index is 1210. The van der Waals surface area contributed by atoms with Gasteiger partial charge in [0.05, 0.1) is 7.11 Å². The fraction of sp³-hybridized carbons (Fsp3) is 0.286. The van der Waals surface area contributed by atoms with E-state index in [1.165, 1.54) is 25.9 Å². The summed E-state index contributed by atoms with van der Waals surface area (Å²) in [5.41, 5.74) is 4.17. The predicted octanol–water partition coefficient (Wildman–Crippen LogP) is 7.25. The molecule has 1 aromatic heterocycles. The molecule has 4 nitrogen and oxygen atoms in total. The molecule has 3 aromatic carbocycles. The molecule has 1 aliphatic rings. The molecule has 2 heterocycles. The zero-order valence-corrected chi connectivity index (χ0v) is 20.8. The quantitative estimate of drug-likeness (QED) is 0.256. The van der Waals surface area contributed by atoms with E-state index in [0.717, 1.165) is 63.1 Å². The van der Waals surface area contributed by atoms with Crippen molar-refractivity contribution in [2.75, 3.05) is 33.4 Å². The molecule has 6 heteroatoms. The number of ether oxygens (including phenoxy) is 2. The summed E-state index contributed by atoms with van der Waals surface area (Å²) in [7, 11) is 1.67. The van der Waals surface area contributed by atoms with Crippen LogP contribution in [0.5, 0.6) is 11.5 Å². The molecule has 178 valence electrons. The highest BCUT2D eigenvalue weighted by molar-refractivity contribution is 6.30. The number of fused-ring (bicyclic) bond motifs is 1. The average molecular weight is 498 g/mol. The normalized spacial score (nSPS) is 13.7. The van der Waals surface area contributed by atoms with Gasteiger partial charge in [-0.25, -0.2) is 0 Å². The van der Waals surface area contributed by atoms with Crippen LogP contribution in [0.1, 0.15) is 24.2 Å². The maximum Gasteiger partial charge on any atom is 0.138 e. The Morgan fingerprint density at radius 3 is 2.32 bits per heavy atom. The second-order valence-corrected chi connectivity index (χ2v) is 8.92. The number of benzene rings is 3. The Morgan fingerprint density at radius 2 is 1.62 bits per heavy atom. The lowest BCUT2D eigenvalue weighted by atomic mass is 9.98. The molecule has 4 aromatic rings. The minimum absolute atomic E-state index is 0. The Kier molecular flexibility index (Phi) is 8.04. The Labute approximate surface area is 211 Å². The van der Waals surface area contributed by atoms with E-state index in [-0.39, 0.29) is 12.4 Å². The fourth-order valence-corrected chi connectivity index (χ4v) is 4.63. The van der Waals surface area contributed by atoms with Gasteiger partial charge in [-0.1, -0.05) is 35.9 Å². The van der Waals surface area contributed by atoms with Crippen molar-refractivity contribution >= 4 is 35.0 Å². The molecule has 0 spiro atoms. The van der Waals surface area contributed by atoms with Crippen molar-refractivity contribution in [2.45, 2.75) is 19.3 Å². The van der Waals surface area contributed by atoms with Crippen LogP contribution in [0, 0.1) is 0 Å². The summed E-state index contributed by atoms with van der Waals surface area (Å²) >= 11 is 6.08. The first-order valence-corrected chi connectivity index (χ1v) is 11.9. The largest absolute Gasteiger partial charge is 0.497 e. The van der Waals surface area contributed by atoms with Crippen LogP contribution in [-0.2, 0) is 6.42 Å². The third kappa shape index (κ3) is 5.52. The van der Waals surface area contributed by atoms with Gasteiger partial charge in [0.1, 0.15) is 29.4 Å². The van der Waals surface area contributed by atoms with Gasteiger partial charge in [-0.2, -0.15) is 0 Å². The van der Waals surface area contributed by atoms with Crippen molar-refractivity contribution in [1.29, 1.82) is 0 Å². The third-order valence-electron chi connectivity index (χ3n) is 6.27. The van der Waals surface area contributed by atoms with Crippen LogP contribution in [0.2, 0.25) is 5.02 Å². The number of hydrogen-bond acceptors (Lipinski definition) is 4. The first-order valence-electron chi connectivity index (χ1n) is 11.5. The number of hydrogen-bond donors (Lipinski definition) is 0. The maximum atomic E-state index is 6.33. The van der Waals surface area contributed by atoms with E-state index in [0.29, 0.717) is 6.42 Å². The van der Waals surface area contributed by atoms with E-state index in [4.69, 9.17) is 25.5 Å². The van der Waals surface area contributed by atoms with E-state index in [1.54, 1.807) is 7.11 Å². The van der Waals surface area contributed by atoms with E-state index in [2.05, 4.69) is 23.1 Å². The number of likely N-dealkylation sites (tertiary alicyclic amines) is 1. The predicted molar refractivity (Wildman–Crippen MR) is 141 cm³/mol. The molecule has 1 saturated heterocycles. The Hall–Kier alpha value is -2.66. The van der Waals surface area contributed by atoms with Crippen LogP contribution in [0.25, 0.3) is 22.1 Å². The summed E-state index contributed by atoms with van der Waals surface area (Å²) in [6.07, 6.45) is 3.28. The summed E-state index contributed by atoms with van der Waals surface area (Å²) in [6.45, 7) is 4.09. The van der Waals surface area contributed by atoms with E-state index < -0.39 is 0 Å². The summed E-state index contributed by atoms with van der Waals surface area (Å²) in [4.78, 5) is 2.46. The second kappa shape index (κ2) is 11.2. The van der Waals surface area contributed by atoms with Crippen molar-refractivity contribution in [3.8, 4) is 22.6 Å². The highest BCUT2D eigenvalue weighted by atomic mass is 35.5. The molecule has 0 N–H and O–H groups in total. The van der Waals surface area contributed by atoms with Crippen molar-refractivity contribution in [2.24, 2.45) is 0 Å². The minimum Gasteiger partial charge on any atom is -0.497 e. The summed E-state index contributed by atoms with van der Waals surface area (Å²) < 4.78 is 17.7. The second-order valence-electron chi connectivity index (χ2n) is 8.49. The first kappa shape index (κ1) is 24.5. The van der Waals surface area contributed by atoms with Crippen LogP contribution < -0.4 is 9.47 Å². The summed E-state index contributed by atoms with van der Waals surface area (Å²) in [5.74, 6) is 2.59. The Morgan fingerprint density at radius 1 is 0.912 bits per heavy atom. The average Bonchev–Trinajstić information content (AvgIpc) is 3.48. The zero-order chi connectivity index (χ0) is 22.6. The Balaban J connectivity index is 0.00000274. The van der Waals surface area contributed by atoms with E-state index >= 15 is 0 Å². The highest BCUT2D eigenvalue weighted by Gasteiger charge is 2.18. The van der Waals surface area contributed by atoms with Crippen molar-refractivity contribution in [3.05, 3.63) is 83.1 Å². The summed E-state index contributed by atoms with van der Waals surface area (Å²) in [6, 6.07) is 22.2. The lowest BCUT2D eigenvalue weighted by Gasteiger charge is -2.15. The van der Waals surface area contributed by atoms with Gasteiger partial charge in [0.15, 0.2) is 0 Å². The third-order valence-corrected chi connectivity index (χ3v) is 6.52. The van der Waals surface area contributed by atoms with Gasteiger partial charge in [-0.15, -0.1) is 12.4 Å². The van der Waals surface area contributed by atoms with Crippen LogP contribution >= 0.6 is 24.0 Å². The van der Waals surface area contributed by atoms with Crippen LogP contribution in [-0.4, -0.2) is 38.3 Å². The van der Waals surface area contributed by atoms with Crippen LogP contribution in [0.15, 0.2) is 71.1 Å². The van der Waals surface area contributed by atoms with Crippen LogP contribution in [0.3, 0.4) is 0 Å². The van der Waals surface area contributed by atoms with Gasteiger partial charge in [0.2, 0.25) is 0 Å². The summed E-state index contributed by atoms with van der Waals surface area (Å²) in [5, 5.41) is 1.80. The minimum atomic E-state index is 0. The molecule has 0 aliphatic carbocycles. The standard InChI is InChI=1S/C28H28ClNO3.ClH/c1-31-24-12-13-25-26(19-24)33-27(18-20-4-8-22(29)9-5-20)28(25)21-6-10-23(11-7-21)32-17-16-30-14-2-3-15-30;/h4-13,19H,2-3,14-18H2,1H3;1H. The van der Waals surface area contributed by atoms with Crippen LogP contribution in [0.4, 0.5) is 0 Å². The zero-order valence-electron chi connectivity index (χ0n) is 19.3. The van der Waals surface area contributed by atoms with Crippen molar-refractivity contribution in [3.63, 3.8) is 0 Å². The number of nitrogens with zero attached hydrogens (tertiary/aromatic N) is 1. The molecular formula is C28H29Cl2NO3. The molecule has 0 unspecified atom stereocenters. The van der Waals surface area contributed by atoms with E-state index in [1.807, 2.05) is 48.5 Å². The molecule has 1 fully saturated rings. The SMILES string of the molecule is COc1ccc2c(-c3ccc(OCCN4CCCC4)cc3)c(Cc3ccc(Cl)cc3)oc2c1.Cl. The van der Waals surface area contributed by atoms with Crippen molar-refractivity contribution in [1.82, 2.24) is 4.90 Å². The number of rotatable bonds is 8. The molecule has 5 rings (SSSR count). The topological polar surface area (TPSA) is 34.8 Å². The van der Waals surface area contributed by atoms with Gasteiger partial charge < -0.3 is 13.9 Å². The number of methoxy groups -OCH3 is 1.